The van der Waals surface area contributed by atoms with E-state index in [-0.39, 0.29) is 30.2 Å². The Kier molecular flexibility index (Phi) is 6.92. The maximum absolute atomic E-state index is 12.8. The quantitative estimate of drug-likeness (QED) is 0.651. The molecule has 1 saturated heterocycles. The van der Waals surface area contributed by atoms with Gasteiger partial charge in [0, 0.05) is 41.4 Å². The second-order valence-electron chi connectivity index (χ2n) is 8.56. The van der Waals surface area contributed by atoms with Crippen molar-refractivity contribution in [3.63, 3.8) is 0 Å². The summed E-state index contributed by atoms with van der Waals surface area (Å²) in [6.45, 7) is 1.84. The molecule has 0 bridgehead atoms. The van der Waals surface area contributed by atoms with Crippen LogP contribution in [0.3, 0.4) is 0 Å². The first-order valence-corrected chi connectivity index (χ1v) is 13.4. The summed E-state index contributed by atoms with van der Waals surface area (Å²) < 4.78 is 0. The largest absolute Gasteiger partial charge is 0.351 e. The molecule has 3 heterocycles. The van der Waals surface area contributed by atoms with Crippen LogP contribution in [0.15, 0.2) is 58.4 Å². The topological polar surface area (TPSA) is 90.9 Å². The third-order valence-corrected chi connectivity index (χ3v) is 8.51. The maximum Gasteiger partial charge on any atom is 0.262 e. The van der Waals surface area contributed by atoms with E-state index >= 15 is 0 Å². The Morgan fingerprint density at radius 2 is 1.82 bits per heavy atom. The Bertz CT molecular complexity index is 1130. The van der Waals surface area contributed by atoms with Crippen LogP contribution in [0.4, 0.5) is 5.69 Å². The van der Waals surface area contributed by atoms with Crippen LogP contribution in [0.2, 0.25) is 0 Å². The zero-order valence-corrected chi connectivity index (χ0v) is 20.3. The average Bonchev–Trinajstić information content (AvgIpc) is 3.50. The second-order valence-corrected chi connectivity index (χ2v) is 10.9. The molecular weight excluding hydrogens is 468 g/mol. The molecule has 3 amide bonds. The molecule has 9 heteroatoms. The molecule has 0 aromatic heterocycles. The van der Waals surface area contributed by atoms with Crippen LogP contribution in [0.5, 0.6) is 0 Å². The fourth-order valence-electron chi connectivity index (χ4n) is 4.37. The Hall–Kier alpha value is -2.78. The van der Waals surface area contributed by atoms with E-state index in [0.29, 0.717) is 11.3 Å². The predicted molar refractivity (Wildman–Crippen MR) is 136 cm³/mol. The number of amides is 3. The zero-order chi connectivity index (χ0) is 23.5. The van der Waals surface area contributed by atoms with Crippen LogP contribution in [0.25, 0.3) is 0 Å². The van der Waals surface area contributed by atoms with E-state index in [2.05, 4.69) is 32.7 Å². The number of anilines is 1. The minimum atomic E-state index is -0.475. The zero-order valence-electron chi connectivity index (χ0n) is 18.7. The van der Waals surface area contributed by atoms with Crippen LogP contribution in [0.1, 0.15) is 47.6 Å². The first kappa shape index (κ1) is 23.0. The molecule has 3 aliphatic heterocycles. The van der Waals surface area contributed by atoms with E-state index in [1.807, 2.05) is 23.9 Å². The van der Waals surface area contributed by atoms with Gasteiger partial charge >= 0.3 is 0 Å². The van der Waals surface area contributed by atoms with Gasteiger partial charge in [-0.1, -0.05) is 30.0 Å². The summed E-state index contributed by atoms with van der Waals surface area (Å²) in [6, 6.07) is 15.0. The molecule has 0 unspecified atom stereocenters. The molecule has 0 spiro atoms. The molecular formula is C25H26N4O3S2. The number of hydrogen-bond donors (Lipinski definition) is 2. The Balaban J connectivity index is 1.14. The Labute approximate surface area is 207 Å². The minimum Gasteiger partial charge on any atom is -0.351 e. The van der Waals surface area contributed by atoms with Gasteiger partial charge in [0.05, 0.1) is 6.04 Å². The smallest absolute Gasteiger partial charge is 0.262 e. The summed E-state index contributed by atoms with van der Waals surface area (Å²) in [5.74, 6) is 0.359. The van der Waals surface area contributed by atoms with Crippen molar-refractivity contribution in [2.45, 2.75) is 41.9 Å². The van der Waals surface area contributed by atoms with Crippen molar-refractivity contribution in [3.05, 3.63) is 59.7 Å². The number of rotatable bonds is 5. The van der Waals surface area contributed by atoms with Gasteiger partial charge in [0.1, 0.15) is 5.25 Å². The third kappa shape index (κ3) is 5.15. The Morgan fingerprint density at radius 1 is 1.06 bits per heavy atom. The number of nitrogens with one attached hydrogen (secondary N) is 2. The maximum atomic E-state index is 12.8. The predicted octanol–water partition coefficient (Wildman–Crippen LogP) is 4.08. The molecule has 0 aliphatic carbocycles. The molecule has 7 nitrogen and oxygen atoms in total. The number of thioether (sulfide) groups is 2. The standard InChI is InChI=1S/C25H26N4O3S2/c30-22(15-21-24(32)28-25(34-21)29-12-3-4-13-29)26-17-9-7-16(8-10-17)23(31)27-19-11-14-33-20-6-2-1-5-18(19)20/h1-2,5-10,19,21H,3-4,11-15H2,(H,26,30)(H,27,31)/t19-,21-/m0/s1. The van der Waals surface area contributed by atoms with Gasteiger partial charge < -0.3 is 15.5 Å². The van der Waals surface area contributed by atoms with Crippen LogP contribution in [0, 0.1) is 0 Å². The van der Waals surface area contributed by atoms with Crippen LogP contribution in [-0.2, 0) is 9.59 Å². The number of nitrogens with zero attached hydrogens (tertiary/aromatic N) is 2. The summed E-state index contributed by atoms with van der Waals surface area (Å²) in [7, 11) is 0. The highest BCUT2D eigenvalue weighted by molar-refractivity contribution is 8.15. The summed E-state index contributed by atoms with van der Waals surface area (Å²) in [5.41, 5.74) is 2.29. The fraction of sp³-hybridized carbons (Fsp3) is 0.360. The van der Waals surface area contributed by atoms with Gasteiger partial charge in [-0.15, -0.1) is 11.8 Å². The molecule has 0 saturated carbocycles. The fourth-order valence-corrected chi connectivity index (χ4v) is 6.61. The van der Waals surface area contributed by atoms with E-state index < -0.39 is 5.25 Å². The molecule has 176 valence electrons. The number of carbonyl (C=O) groups excluding carboxylic acids is 3. The lowest BCUT2D eigenvalue weighted by Crippen LogP contribution is -2.30. The molecule has 2 N–H and O–H groups in total. The SMILES string of the molecule is O=C(C[C@@H]1SC(N2CCCC2)=NC1=O)Nc1ccc(C(=O)N[C@H]2CCSc3ccccc32)cc1. The molecule has 0 radical (unpaired) electrons. The Morgan fingerprint density at radius 3 is 2.62 bits per heavy atom. The number of amidine groups is 1. The van der Waals surface area contributed by atoms with E-state index in [0.717, 1.165) is 48.8 Å². The van der Waals surface area contributed by atoms with E-state index in [1.54, 1.807) is 24.3 Å². The number of carbonyl (C=O) groups is 3. The van der Waals surface area contributed by atoms with E-state index in [4.69, 9.17) is 0 Å². The summed E-state index contributed by atoms with van der Waals surface area (Å²) in [4.78, 5) is 45.0. The number of likely N-dealkylation sites (tertiary alicyclic amines) is 1. The lowest BCUT2D eigenvalue weighted by atomic mass is 10.0. The van der Waals surface area contributed by atoms with Crippen LogP contribution >= 0.6 is 23.5 Å². The average molecular weight is 495 g/mol. The summed E-state index contributed by atoms with van der Waals surface area (Å²) in [6.07, 6.45) is 3.19. The third-order valence-electron chi connectivity index (χ3n) is 6.17. The number of fused-ring (bicyclic) bond motifs is 1. The normalized spacial score (nSPS) is 21.7. The highest BCUT2D eigenvalue weighted by atomic mass is 32.2. The lowest BCUT2D eigenvalue weighted by Gasteiger charge is -2.25. The van der Waals surface area contributed by atoms with Crippen LogP contribution in [-0.4, -0.2) is 51.9 Å². The van der Waals surface area contributed by atoms with E-state index in [1.165, 1.54) is 16.7 Å². The molecule has 1 fully saturated rings. The van der Waals surface area contributed by atoms with Crippen molar-refractivity contribution in [3.8, 4) is 0 Å². The molecule has 2 atom stereocenters. The van der Waals surface area contributed by atoms with Crippen molar-refractivity contribution in [2.75, 3.05) is 24.2 Å². The van der Waals surface area contributed by atoms with Crippen molar-refractivity contribution < 1.29 is 14.4 Å². The van der Waals surface area contributed by atoms with Crippen molar-refractivity contribution in [2.24, 2.45) is 4.99 Å². The monoisotopic (exact) mass is 494 g/mol. The summed E-state index contributed by atoms with van der Waals surface area (Å²) >= 11 is 3.20. The number of benzene rings is 2. The van der Waals surface area contributed by atoms with Gasteiger partial charge in [0.25, 0.3) is 11.8 Å². The molecule has 34 heavy (non-hydrogen) atoms. The van der Waals surface area contributed by atoms with Crippen LogP contribution < -0.4 is 10.6 Å². The molecule has 2 aromatic rings. The van der Waals surface area contributed by atoms with Gasteiger partial charge in [0.2, 0.25) is 5.91 Å². The number of aliphatic imine (C=N–C) groups is 1. The lowest BCUT2D eigenvalue weighted by molar-refractivity contribution is -0.121. The highest BCUT2D eigenvalue weighted by Crippen LogP contribution is 2.36. The molecule has 5 rings (SSSR count). The summed E-state index contributed by atoms with van der Waals surface area (Å²) in [5, 5.41) is 6.24. The van der Waals surface area contributed by atoms with E-state index in [9.17, 15) is 14.4 Å². The molecule has 3 aliphatic rings. The number of hydrogen-bond acceptors (Lipinski definition) is 6. The minimum absolute atomic E-state index is 0.00144. The van der Waals surface area contributed by atoms with Gasteiger partial charge in [0.15, 0.2) is 5.17 Å². The van der Waals surface area contributed by atoms with Gasteiger partial charge in [-0.05, 0) is 55.2 Å². The second kappa shape index (κ2) is 10.2. The van der Waals surface area contributed by atoms with Crippen molar-refractivity contribution in [1.29, 1.82) is 0 Å². The van der Waals surface area contributed by atoms with Gasteiger partial charge in [-0.3, -0.25) is 14.4 Å². The molecule has 2 aromatic carbocycles. The first-order valence-electron chi connectivity index (χ1n) is 11.5. The van der Waals surface area contributed by atoms with Gasteiger partial charge in [-0.25, -0.2) is 0 Å². The van der Waals surface area contributed by atoms with Crippen molar-refractivity contribution in [1.82, 2.24) is 10.2 Å². The van der Waals surface area contributed by atoms with Gasteiger partial charge in [-0.2, -0.15) is 4.99 Å². The first-order chi connectivity index (χ1) is 16.6. The van der Waals surface area contributed by atoms with Crippen molar-refractivity contribution >= 4 is 52.1 Å². The highest BCUT2D eigenvalue weighted by Gasteiger charge is 2.33.